The van der Waals surface area contributed by atoms with Crippen molar-refractivity contribution in [1.29, 1.82) is 0 Å². The first-order chi connectivity index (χ1) is 11.1. The second-order valence-corrected chi connectivity index (χ2v) is 4.57. The molecule has 0 fully saturated rings. The third-order valence-electron chi connectivity index (χ3n) is 1.86. The minimum atomic E-state index is -0.711. The zero-order valence-electron chi connectivity index (χ0n) is 15.6. The van der Waals surface area contributed by atoms with Gasteiger partial charge in [0.05, 0.1) is 0 Å². The minimum Gasteiger partial charge on any atom is -0.481 e. The number of carbonyl (C=O) groups is 4. The van der Waals surface area contributed by atoms with Gasteiger partial charge in [0.15, 0.2) is 0 Å². The number of hydrogen-bond acceptors (Lipinski definition) is 4. The second-order valence-electron chi connectivity index (χ2n) is 4.57. The zero-order valence-corrected chi connectivity index (χ0v) is 17.1. The number of carboxylic acids is 4. The van der Waals surface area contributed by atoms with E-state index in [1.54, 1.807) is 0 Å². The van der Waals surface area contributed by atoms with Crippen molar-refractivity contribution in [3.8, 4) is 0 Å². The van der Waals surface area contributed by atoms with Crippen molar-refractivity contribution in [3.63, 3.8) is 0 Å². The Morgan fingerprint density at radius 3 is 0.600 bits per heavy atom. The molecule has 0 spiro atoms. The van der Waals surface area contributed by atoms with E-state index in [0.717, 1.165) is 25.7 Å². The molecule has 8 nitrogen and oxygen atoms in total. The average Bonchev–Trinajstić information content (AvgIpc) is 2.39. The average molecular weight is 400 g/mol. The topological polar surface area (TPSA) is 149 Å². The van der Waals surface area contributed by atoms with Crippen LogP contribution in [-0.2, 0) is 40.9 Å². The summed E-state index contributed by atoms with van der Waals surface area (Å²) in [6.07, 6.45) is 4.09. The van der Waals surface area contributed by atoms with E-state index in [1.165, 1.54) is 0 Å². The van der Waals surface area contributed by atoms with Gasteiger partial charge in [0.2, 0.25) is 0 Å². The molecule has 0 aliphatic rings. The number of carboxylic acid groups (broad SMARTS) is 4. The van der Waals surface area contributed by atoms with E-state index in [2.05, 4.69) is 0 Å². The Morgan fingerprint density at radius 1 is 0.480 bits per heavy atom. The van der Waals surface area contributed by atoms with E-state index in [0.29, 0.717) is 25.7 Å². The van der Waals surface area contributed by atoms with Gasteiger partial charge in [-0.15, -0.1) is 0 Å². The molecule has 0 aliphatic heterocycles. The van der Waals surface area contributed by atoms with Crippen molar-refractivity contribution < 1.29 is 61.3 Å². The molecule has 9 heteroatoms. The summed E-state index contributed by atoms with van der Waals surface area (Å²) in [7, 11) is 0. The van der Waals surface area contributed by atoms with Gasteiger partial charge in [0.25, 0.3) is 0 Å². The Labute approximate surface area is 164 Å². The van der Waals surface area contributed by atoms with Gasteiger partial charge in [-0.25, -0.2) is 0 Å². The van der Waals surface area contributed by atoms with E-state index in [1.807, 2.05) is 27.7 Å². The molecule has 0 heterocycles. The van der Waals surface area contributed by atoms with E-state index < -0.39 is 23.9 Å². The molecule has 0 unspecified atom stereocenters. The van der Waals surface area contributed by atoms with Crippen LogP contribution in [0.3, 0.4) is 0 Å². The fraction of sp³-hybridized carbons (Fsp3) is 0.750. The molecular weight excluding hydrogens is 368 g/mol. The van der Waals surface area contributed by atoms with E-state index in [-0.39, 0.29) is 21.7 Å². The third-order valence-corrected chi connectivity index (χ3v) is 1.86. The van der Waals surface area contributed by atoms with Crippen molar-refractivity contribution in [1.82, 2.24) is 0 Å². The first-order valence-electron chi connectivity index (χ1n) is 7.95. The molecule has 0 radical (unpaired) electrons. The van der Waals surface area contributed by atoms with Gasteiger partial charge in [-0.2, -0.15) is 0 Å². The summed E-state index contributed by atoms with van der Waals surface area (Å²) in [6.45, 7) is 7.37. The van der Waals surface area contributed by atoms with Gasteiger partial charge < -0.3 is 20.4 Å². The van der Waals surface area contributed by atoms with Crippen molar-refractivity contribution >= 4 is 23.9 Å². The van der Waals surface area contributed by atoms with Crippen molar-refractivity contribution in [2.75, 3.05) is 0 Å². The van der Waals surface area contributed by atoms with Crippen LogP contribution in [0.1, 0.15) is 79.1 Å². The summed E-state index contributed by atoms with van der Waals surface area (Å²) in [6, 6.07) is 0. The van der Waals surface area contributed by atoms with Gasteiger partial charge in [-0.1, -0.05) is 27.7 Å². The Hall–Kier alpha value is -1.41. The van der Waals surface area contributed by atoms with Crippen molar-refractivity contribution in [2.45, 2.75) is 79.1 Å². The summed E-state index contributed by atoms with van der Waals surface area (Å²) in [5.74, 6) is -2.84. The Balaban J connectivity index is -0.0000000702. The molecule has 0 atom stereocenters. The maximum Gasteiger partial charge on any atom is 0.303 e. The van der Waals surface area contributed by atoms with Crippen LogP contribution in [0, 0.1) is 0 Å². The molecule has 0 rings (SSSR count). The summed E-state index contributed by atoms with van der Waals surface area (Å²) in [5, 5.41) is 31.7. The molecule has 148 valence electrons. The van der Waals surface area contributed by atoms with Crippen LogP contribution in [0.2, 0.25) is 0 Å². The smallest absolute Gasteiger partial charge is 0.303 e. The van der Waals surface area contributed by atoms with Crippen LogP contribution in [0.25, 0.3) is 0 Å². The first kappa shape index (κ1) is 34.8. The molecule has 0 aromatic rings. The largest absolute Gasteiger partial charge is 0.481 e. The predicted molar refractivity (Wildman–Crippen MR) is 90.2 cm³/mol. The van der Waals surface area contributed by atoms with Crippen LogP contribution in [0.4, 0.5) is 0 Å². The van der Waals surface area contributed by atoms with E-state index >= 15 is 0 Å². The Bertz CT molecular complexity index is 268. The summed E-state index contributed by atoms with van der Waals surface area (Å²) < 4.78 is 0. The molecule has 0 aromatic carbocycles. The fourth-order valence-corrected chi connectivity index (χ4v) is 0.855. The van der Waals surface area contributed by atoms with Gasteiger partial charge >= 0.3 is 23.9 Å². The van der Waals surface area contributed by atoms with Crippen LogP contribution in [-0.4, -0.2) is 44.3 Å². The molecular formula is C16H32O8Ti. The number of hydrogen-bond donors (Lipinski definition) is 4. The fourth-order valence-electron chi connectivity index (χ4n) is 0.855. The maximum absolute atomic E-state index is 9.60. The normalized spacial score (nSPS) is 7.84. The first-order valence-corrected chi connectivity index (χ1v) is 7.95. The van der Waals surface area contributed by atoms with Gasteiger partial charge in [-0.05, 0) is 25.7 Å². The molecule has 25 heavy (non-hydrogen) atoms. The molecule has 0 saturated heterocycles. The molecule has 0 aliphatic carbocycles. The molecule has 0 aromatic heterocycles. The van der Waals surface area contributed by atoms with Crippen LogP contribution >= 0.6 is 0 Å². The van der Waals surface area contributed by atoms with E-state index in [9.17, 15) is 19.2 Å². The van der Waals surface area contributed by atoms with Gasteiger partial charge in [0.1, 0.15) is 0 Å². The predicted octanol–water partition coefficient (Wildman–Crippen LogP) is 3.48. The summed E-state index contributed by atoms with van der Waals surface area (Å²) >= 11 is 0. The zero-order chi connectivity index (χ0) is 20.0. The van der Waals surface area contributed by atoms with Crippen LogP contribution in [0.5, 0.6) is 0 Å². The molecule has 4 N–H and O–H groups in total. The van der Waals surface area contributed by atoms with Crippen LogP contribution in [0.15, 0.2) is 0 Å². The third kappa shape index (κ3) is 85.4. The monoisotopic (exact) mass is 400 g/mol. The Morgan fingerprint density at radius 2 is 0.600 bits per heavy atom. The van der Waals surface area contributed by atoms with E-state index in [4.69, 9.17) is 20.4 Å². The SMILES string of the molecule is CCCC(=O)O.CCCC(=O)O.CCCC(=O)O.CCCC(=O)O.[Ti]. The summed E-state index contributed by atoms with van der Waals surface area (Å²) in [5.41, 5.74) is 0. The Kier molecular flexibility index (Phi) is 42.5. The van der Waals surface area contributed by atoms with Crippen molar-refractivity contribution in [2.24, 2.45) is 0 Å². The standard InChI is InChI=1S/4C4H8O2.Ti/c4*1-2-3-4(5)6;/h4*2-3H2,1H3,(H,5,6);. The maximum atomic E-state index is 9.60. The van der Waals surface area contributed by atoms with Crippen molar-refractivity contribution in [3.05, 3.63) is 0 Å². The van der Waals surface area contributed by atoms with Crippen LogP contribution < -0.4 is 0 Å². The molecule has 0 saturated carbocycles. The van der Waals surface area contributed by atoms with Gasteiger partial charge in [0, 0.05) is 47.4 Å². The second kappa shape index (κ2) is 30.5. The number of rotatable bonds is 8. The summed E-state index contributed by atoms with van der Waals surface area (Å²) in [4.78, 5) is 38.4. The minimum absolute atomic E-state index is 0. The molecule has 0 bridgehead atoms. The van der Waals surface area contributed by atoms with Gasteiger partial charge in [-0.3, -0.25) is 19.2 Å². The quantitative estimate of drug-likeness (QED) is 0.452. The molecule has 0 amide bonds. The number of aliphatic carboxylic acids is 4.